The van der Waals surface area contributed by atoms with Crippen molar-refractivity contribution in [2.75, 3.05) is 18.0 Å². The van der Waals surface area contributed by atoms with Crippen LogP contribution in [0.2, 0.25) is 0 Å². The van der Waals surface area contributed by atoms with E-state index in [2.05, 4.69) is 33.0 Å². The molecule has 1 fully saturated rings. The van der Waals surface area contributed by atoms with Gasteiger partial charge in [-0.05, 0) is 31.9 Å². The summed E-state index contributed by atoms with van der Waals surface area (Å²) in [5.41, 5.74) is 1.02. The lowest BCUT2D eigenvalue weighted by Gasteiger charge is -2.36. The standard InChI is InChI=1S/C19H19N5O2/c1-13-21-18(26-23-13)19(2)8-10-24(11-9-19)17-15(12-20)22-16(25-17)14-6-4-3-5-7-14/h3-7H,8-11H2,1-2H3. The Morgan fingerprint density at radius 1 is 1.15 bits per heavy atom. The van der Waals surface area contributed by atoms with Gasteiger partial charge in [0.25, 0.3) is 0 Å². The highest BCUT2D eigenvalue weighted by molar-refractivity contribution is 5.59. The van der Waals surface area contributed by atoms with Gasteiger partial charge in [-0.3, -0.25) is 0 Å². The maximum atomic E-state index is 9.46. The van der Waals surface area contributed by atoms with Crippen molar-refractivity contribution < 1.29 is 8.94 Å². The van der Waals surface area contributed by atoms with Gasteiger partial charge in [-0.1, -0.05) is 30.3 Å². The summed E-state index contributed by atoms with van der Waals surface area (Å²) in [4.78, 5) is 10.8. The molecule has 0 spiro atoms. The number of oxazole rings is 1. The minimum absolute atomic E-state index is 0.160. The van der Waals surface area contributed by atoms with E-state index >= 15 is 0 Å². The van der Waals surface area contributed by atoms with Crippen LogP contribution in [0.25, 0.3) is 11.5 Å². The van der Waals surface area contributed by atoms with Gasteiger partial charge in [0.1, 0.15) is 6.07 Å². The molecule has 4 rings (SSSR count). The topological polar surface area (TPSA) is 92.0 Å². The van der Waals surface area contributed by atoms with Crippen LogP contribution in [0.5, 0.6) is 0 Å². The van der Waals surface area contributed by atoms with Crippen LogP contribution < -0.4 is 4.90 Å². The molecule has 0 N–H and O–H groups in total. The summed E-state index contributed by atoms with van der Waals surface area (Å²) in [7, 11) is 0. The first kappa shape index (κ1) is 16.3. The van der Waals surface area contributed by atoms with Gasteiger partial charge in [-0.2, -0.15) is 15.2 Å². The predicted molar refractivity (Wildman–Crippen MR) is 94.5 cm³/mol. The molecule has 0 amide bonds. The number of anilines is 1. The zero-order valence-electron chi connectivity index (χ0n) is 14.8. The van der Waals surface area contributed by atoms with E-state index in [1.807, 2.05) is 37.3 Å². The van der Waals surface area contributed by atoms with Crippen molar-refractivity contribution in [3.8, 4) is 17.5 Å². The second-order valence-corrected chi connectivity index (χ2v) is 6.85. The third-order valence-corrected chi connectivity index (χ3v) is 4.93. The average Bonchev–Trinajstić information content (AvgIpc) is 3.30. The zero-order chi connectivity index (χ0) is 18.1. The fraction of sp³-hybridized carbons (Fsp3) is 0.368. The van der Waals surface area contributed by atoms with Crippen LogP contribution in [0.3, 0.4) is 0 Å². The highest BCUT2D eigenvalue weighted by Gasteiger charge is 2.38. The monoisotopic (exact) mass is 349 g/mol. The van der Waals surface area contributed by atoms with E-state index in [1.165, 1.54) is 0 Å². The lowest BCUT2D eigenvalue weighted by Crippen LogP contribution is -2.41. The van der Waals surface area contributed by atoms with Crippen LogP contribution in [-0.2, 0) is 5.41 Å². The molecule has 132 valence electrons. The molecule has 7 nitrogen and oxygen atoms in total. The van der Waals surface area contributed by atoms with Gasteiger partial charge in [-0.15, -0.1) is 0 Å². The molecule has 0 radical (unpaired) electrons. The second-order valence-electron chi connectivity index (χ2n) is 6.85. The number of nitriles is 1. The summed E-state index contributed by atoms with van der Waals surface area (Å²) in [6.07, 6.45) is 1.67. The van der Waals surface area contributed by atoms with Crippen molar-refractivity contribution >= 4 is 5.88 Å². The summed E-state index contributed by atoms with van der Waals surface area (Å²) in [5.74, 6) is 2.34. The molecule has 26 heavy (non-hydrogen) atoms. The van der Waals surface area contributed by atoms with E-state index < -0.39 is 0 Å². The Morgan fingerprint density at radius 2 is 1.88 bits per heavy atom. The summed E-state index contributed by atoms with van der Waals surface area (Å²) < 4.78 is 11.3. The highest BCUT2D eigenvalue weighted by Crippen LogP contribution is 2.37. The minimum atomic E-state index is -0.160. The van der Waals surface area contributed by atoms with Crippen LogP contribution in [0, 0.1) is 18.3 Å². The normalized spacial score (nSPS) is 16.4. The number of benzene rings is 1. The Hall–Kier alpha value is -3.14. The van der Waals surface area contributed by atoms with Crippen molar-refractivity contribution in [1.29, 1.82) is 5.26 Å². The van der Waals surface area contributed by atoms with E-state index in [4.69, 9.17) is 8.94 Å². The first-order valence-corrected chi connectivity index (χ1v) is 8.61. The van der Waals surface area contributed by atoms with Gasteiger partial charge in [0.05, 0.1) is 5.41 Å². The zero-order valence-corrected chi connectivity index (χ0v) is 14.8. The molecular weight excluding hydrogens is 330 g/mol. The molecule has 1 saturated heterocycles. The summed E-state index contributed by atoms with van der Waals surface area (Å²) in [6, 6.07) is 11.8. The Labute approximate surface area is 151 Å². The van der Waals surface area contributed by atoms with E-state index in [0.29, 0.717) is 29.2 Å². The van der Waals surface area contributed by atoms with Crippen LogP contribution in [-0.4, -0.2) is 28.2 Å². The number of nitrogens with zero attached hydrogens (tertiary/aromatic N) is 5. The third-order valence-electron chi connectivity index (χ3n) is 4.93. The second kappa shape index (κ2) is 6.30. The molecule has 0 aliphatic carbocycles. The largest absolute Gasteiger partial charge is 0.419 e. The quantitative estimate of drug-likeness (QED) is 0.715. The molecule has 3 aromatic rings. The van der Waals surface area contributed by atoms with Gasteiger partial charge in [0.15, 0.2) is 5.82 Å². The highest BCUT2D eigenvalue weighted by atomic mass is 16.5. The number of hydrogen-bond donors (Lipinski definition) is 0. The Kier molecular flexibility index (Phi) is 3.96. The van der Waals surface area contributed by atoms with E-state index in [1.54, 1.807) is 0 Å². The van der Waals surface area contributed by atoms with Crippen molar-refractivity contribution in [2.45, 2.75) is 32.1 Å². The molecule has 0 saturated carbocycles. The van der Waals surface area contributed by atoms with Crippen LogP contribution in [0.15, 0.2) is 39.3 Å². The van der Waals surface area contributed by atoms with E-state index in [0.717, 1.165) is 31.5 Å². The lowest BCUT2D eigenvalue weighted by atomic mass is 9.80. The summed E-state index contributed by atoms with van der Waals surface area (Å²) in [5, 5.41) is 13.4. The van der Waals surface area contributed by atoms with Gasteiger partial charge < -0.3 is 13.8 Å². The fourth-order valence-corrected chi connectivity index (χ4v) is 3.26. The van der Waals surface area contributed by atoms with Crippen molar-refractivity contribution in [3.63, 3.8) is 0 Å². The first-order chi connectivity index (χ1) is 12.6. The van der Waals surface area contributed by atoms with Crippen molar-refractivity contribution in [3.05, 3.63) is 47.7 Å². The van der Waals surface area contributed by atoms with Gasteiger partial charge in [0, 0.05) is 18.7 Å². The van der Waals surface area contributed by atoms with Gasteiger partial charge in [-0.25, -0.2) is 0 Å². The Bertz CT molecular complexity index is 946. The molecule has 7 heteroatoms. The maximum Gasteiger partial charge on any atom is 0.235 e. The molecule has 0 unspecified atom stereocenters. The first-order valence-electron chi connectivity index (χ1n) is 8.61. The third kappa shape index (κ3) is 2.84. The van der Waals surface area contributed by atoms with Gasteiger partial charge in [0.2, 0.25) is 23.4 Å². The molecular formula is C19H19N5O2. The average molecular weight is 349 g/mol. The molecule has 2 aromatic heterocycles. The molecule has 1 aliphatic heterocycles. The SMILES string of the molecule is Cc1noc(C2(C)CCN(c3oc(-c4ccccc4)nc3C#N)CC2)n1. The number of rotatable bonds is 3. The molecule has 1 aromatic carbocycles. The number of aromatic nitrogens is 3. The number of piperidine rings is 1. The maximum absolute atomic E-state index is 9.46. The number of hydrogen-bond acceptors (Lipinski definition) is 7. The minimum Gasteiger partial charge on any atom is -0.419 e. The Morgan fingerprint density at radius 3 is 2.50 bits per heavy atom. The van der Waals surface area contributed by atoms with Crippen molar-refractivity contribution in [1.82, 2.24) is 15.1 Å². The molecule has 3 heterocycles. The van der Waals surface area contributed by atoms with E-state index in [9.17, 15) is 5.26 Å². The number of aryl methyl sites for hydroxylation is 1. The summed E-state index contributed by atoms with van der Waals surface area (Å²) in [6.45, 7) is 5.43. The van der Waals surface area contributed by atoms with Crippen LogP contribution in [0.4, 0.5) is 5.88 Å². The predicted octanol–water partition coefficient (Wildman–Crippen LogP) is 3.46. The van der Waals surface area contributed by atoms with Crippen LogP contribution >= 0.6 is 0 Å². The summed E-state index contributed by atoms with van der Waals surface area (Å²) >= 11 is 0. The molecule has 0 bridgehead atoms. The van der Waals surface area contributed by atoms with Crippen molar-refractivity contribution in [2.24, 2.45) is 0 Å². The Balaban J connectivity index is 1.56. The van der Waals surface area contributed by atoms with Gasteiger partial charge >= 0.3 is 0 Å². The fourth-order valence-electron chi connectivity index (χ4n) is 3.26. The van der Waals surface area contributed by atoms with E-state index in [-0.39, 0.29) is 5.41 Å². The molecule has 0 atom stereocenters. The smallest absolute Gasteiger partial charge is 0.235 e. The lowest BCUT2D eigenvalue weighted by molar-refractivity contribution is 0.249. The van der Waals surface area contributed by atoms with Crippen LogP contribution in [0.1, 0.15) is 37.2 Å². The molecule has 1 aliphatic rings.